The van der Waals surface area contributed by atoms with Gasteiger partial charge in [-0.05, 0) is 52.9 Å². The lowest BCUT2D eigenvalue weighted by Crippen LogP contribution is -2.39. The minimum absolute atomic E-state index is 0.0476. The molecule has 0 amide bonds. The molecule has 3 N–H and O–H groups in total. The van der Waals surface area contributed by atoms with E-state index < -0.39 is 24.4 Å². The largest absolute Gasteiger partial charge is 0.489 e. The van der Waals surface area contributed by atoms with Gasteiger partial charge in [0.15, 0.2) is 0 Å². The maximum Gasteiger partial charge on any atom is 0.323 e. The Labute approximate surface area is 232 Å². The molecule has 0 fully saturated rings. The molecular formula is C32H29FN2O5. The average Bonchev–Trinajstić information content (AvgIpc) is 2.97. The standard InChI is InChI=1S/C32H29FN2O5/c1-21-25(8-5-9-28(21)23-6-3-2-4-7-23)20-39-27-12-11-24(17-35-30(18-36)32(37)38)31(15-27)40-19-22-10-13-29(33)26(14-22)16-34/h2-15,30,35-36H,17-20H2,1H3,(H,37,38)/t30-/m1/s1. The molecular weight excluding hydrogens is 511 g/mol. The van der Waals surface area contributed by atoms with E-state index in [0.29, 0.717) is 29.2 Å². The first-order valence-corrected chi connectivity index (χ1v) is 12.7. The second-order valence-corrected chi connectivity index (χ2v) is 9.18. The third-order valence-corrected chi connectivity index (χ3v) is 6.53. The van der Waals surface area contributed by atoms with Crippen molar-refractivity contribution in [3.05, 3.63) is 119 Å². The van der Waals surface area contributed by atoms with Crippen molar-refractivity contribution in [2.75, 3.05) is 6.61 Å². The fourth-order valence-electron chi connectivity index (χ4n) is 4.21. The van der Waals surface area contributed by atoms with Crippen molar-refractivity contribution in [2.45, 2.75) is 32.7 Å². The van der Waals surface area contributed by atoms with Gasteiger partial charge in [0.2, 0.25) is 0 Å². The number of aliphatic carboxylic acids is 1. The molecule has 4 rings (SSSR count). The molecule has 204 valence electrons. The summed E-state index contributed by atoms with van der Waals surface area (Å²) in [5.41, 5.74) is 5.53. The molecule has 0 saturated heterocycles. The van der Waals surface area contributed by atoms with Crippen LogP contribution in [0.2, 0.25) is 0 Å². The van der Waals surface area contributed by atoms with E-state index in [0.717, 1.165) is 22.3 Å². The minimum atomic E-state index is -1.17. The molecule has 0 saturated carbocycles. The summed E-state index contributed by atoms with van der Waals surface area (Å²) in [6.45, 7) is 1.96. The topological polar surface area (TPSA) is 112 Å². The molecule has 0 radical (unpaired) electrons. The Bertz CT molecular complexity index is 1520. The van der Waals surface area contributed by atoms with Crippen LogP contribution in [0.3, 0.4) is 0 Å². The van der Waals surface area contributed by atoms with Crippen LogP contribution in [0, 0.1) is 24.1 Å². The highest BCUT2D eigenvalue weighted by Crippen LogP contribution is 2.29. The van der Waals surface area contributed by atoms with Crippen molar-refractivity contribution in [3.63, 3.8) is 0 Å². The first-order chi connectivity index (χ1) is 19.4. The van der Waals surface area contributed by atoms with Crippen LogP contribution in [0.5, 0.6) is 11.5 Å². The number of hydrogen-bond acceptors (Lipinski definition) is 6. The van der Waals surface area contributed by atoms with Crippen LogP contribution in [0.4, 0.5) is 4.39 Å². The SMILES string of the molecule is Cc1c(COc2ccc(CN[C@H](CO)C(=O)O)c(OCc3ccc(F)c(C#N)c3)c2)cccc1-c1ccccc1. The van der Waals surface area contributed by atoms with Gasteiger partial charge in [0.1, 0.15) is 42.6 Å². The quantitative estimate of drug-likeness (QED) is 0.222. The molecule has 0 aliphatic rings. The van der Waals surface area contributed by atoms with Gasteiger partial charge in [-0.1, -0.05) is 60.7 Å². The van der Waals surface area contributed by atoms with Crippen LogP contribution < -0.4 is 14.8 Å². The third kappa shape index (κ3) is 7.03. The zero-order valence-corrected chi connectivity index (χ0v) is 21.9. The molecule has 0 aromatic heterocycles. The summed E-state index contributed by atoms with van der Waals surface area (Å²) >= 11 is 0. The first-order valence-electron chi connectivity index (χ1n) is 12.7. The zero-order valence-electron chi connectivity index (χ0n) is 21.9. The normalized spacial score (nSPS) is 11.4. The fraction of sp³-hybridized carbons (Fsp3) is 0.188. The molecule has 4 aromatic carbocycles. The van der Waals surface area contributed by atoms with Gasteiger partial charge < -0.3 is 19.7 Å². The summed E-state index contributed by atoms with van der Waals surface area (Å²) in [5.74, 6) is -0.822. The zero-order chi connectivity index (χ0) is 28.5. The van der Waals surface area contributed by atoms with Crippen LogP contribution in [-0.4, -0.2) is 28.8 Å². The van der Waals surface area contributed by atoms with E-state index in [2.05, 4.69) is 30.4 Å². The van der Waals surface area contributed by atoms with Crippen molar-refractivity contribution in [2.24, 2.45) is 0 Å². The number of halogens is 1. The lowest BCUT2D eigenvalue weighted by molar-refractivity contribution is -0.140. The smallest absolute Gasteiger partial charge is 0.323 e. The predicted octanol–water partition coefficient (Wildman–Crippen LogP) is 5.37. The Kier molecular flexibility index (Phi) is 9.47. The van der Waals surface area contributed by atoms with Crippen LogP contribution >= 0.6 is 0 Å². The third-order valence-electron chi connectivity index (χ3n) is 6.53. The van der Waals surface area contributed by atoms with Gasteiger partial charge in [-0.25, -0.2) is 4.39 Å². The van der Waals surface area contributed by atoms with E-state index in [1.54, 1.807) is 18.2 Å². The van der Waals surface area contributed by atoms with Crippen molar-refractivity contribution < 1.29 is 28.9 Å². The Morgan fingerprint density at radius 3 is 2.50 bits per heavy atom. The van der Waals surface area contributed by atoms with Gasteiger partial charge in [-0.3, -0.25) is 10.1 Å². The molecule has 0 aliphatic carbocycles. The number of rotatable bonds is 12. The number of carboxylic acids is 1. The number of nitrogens with one attached hydrogen (secondary N) is 1. The fourth-order valence-corrected chi connectivity index (χ4v) is 4.21. The maximum atomic E-state index is 13.7. The summed E-state index contributed by atoms with van der Waals surface area (Å²) < 4.78 is 25.9. The lowest BCUT2D eigenvalue weighted by Gasteiger charge is -2.17. The van der Waals surface area contributed by atoms with Crippen LogP contribution in [0.25, 0.3) is 11.1 Å². The van der Waals surface area contributed by atoms with E-state index >= 15 is 0 Å². The highest BCUT2D eigenvalue weighted by atomic mass is 19.1. The Balaban J connectivity index is 1.54. The van der Waals surface area contributed by atoms with Gasteiger partial charge in [0.05, 0.1) is 12.2 Å². The van der Waals surface area contributed by atoms with Gasteiger partial charge in [-0.2, -0.15) is 5.26 Å². The van der Waals surface area contributed by atoms with Crippen LogP contribution in [-0.2, 0) is 24.6 Å². The van der Waals surface area contributed by atoms with E-state index in [1.807, 2.05) is 36.4 Å². The van der Waals surface area contributed by atoms with Crippen molar-refractivity contribution in [1.29, 1.82) is 5.26 Å². The number of aliphatic hydroxyl groups excluding tert-OH is 1. The highest BCUT2D eigenvalue weighted by molar-refractivity contribution is 5.73. The van der Waals surface area contributed by atoms with Crippen LogP contribution in [0.1, 0.15) is 27.8 Å². The second-order valence-electron chi connectivity index (χ2n) is 9.18. The summed E-state index contributed by atoms with van der Waals surface area (Å²) in [6.07, 6.45) is 0. The molecule has 0 spiro atoms. The van der Waals surface area contributed by atoms with Crippen molar-refractivity contribution >= 4 is 5.97 Å². The molecule has 1 atom stereocenters. The van der Waals surface area contributed by atoms with Gasteiger partial charge >= 0.3 is 5.97 Å². The monoisotopic (exact) mass is 540 g/mol. The minimum Gasteiger partial charge on any atom is -0.489 e. The Hall–Kier alpha value is -4.71. The number of carboxylic acid groups (broad SMARTS) is 1. The summed E-state index contributed by atoms with van der Waals surface area (Å²) in [4.78, 5) is 11.3. The molecule has 40 heavy (non-hydrogen) atoms. The number of hydrogen-bond donors (Lipinski definition) is 3. The maximum absolute atomic E-state index is 13.7. The number of benzene rings is 4. The number of aliphatic hydroxyl groups is 1. The van der Waals surface area contributed by atoms with E-state index in [1.165, 1.54) is 18.2 Å². The number of nitrogens with zero attached hydrogens (tertiary/aromatic N) is 1. The van der Waals surface area contributed by atoms with Crippen molar-refractivity contribution in [1.82, 2.24) is 5.32 Å². The van der Waals surface area contributed by atoms with Crippen molar-refractivity contribution in [3.8, 4) is 28.7 Å². The first kappa shape index (κ1) is 28.3. The summed E-state index contributed by atoms with van der Waals surface area (Å²) in [7, 11) is 0. The van der Waals surface area contributed by atoms with Crippen LogP contribution in [0.15, 0.2) is 84.9 Å². The number of ether oxygens (including phenoxy) is 2. The van der Waals surface area contributed by atoms with Gasteiger partial charge in [0, 0.05) is 18.2 Å². The highest BCUT2D eigenvalue weighted by Gasteiger charge is 2.17. The molecule has 0 aliphatic heterocycles. The number of carbonyl (C=O) groups is 1. The molecule has 7 nitrogen and oxygen atoms in total. The molecule has 8 heteroatoms. The molecule has 0 unspecified atom stereocenters. The molecule has 4 aromatic rings. The Morgan fingerprint density at radius 2 is 1.77 bits per heavy atom. The van der Waals surface area contributed by atoms with E-state index in [9.17, 15) is 19.4 Å². The van der Waals surface area contributed by atoms with E-state index in [-0.39, 0.29) is 18.7 Å². The molecule has 0 bridgehead atoms. The van der Waals surface area contributed by atoms with Gasteiger partial charge in [-0.15, -0.1) is 0 Å². The number of nitriles is 1. The average molecular weight is 541 g/mol. The molecule has 0 heterocycles. The Morgan fingerprint density at radius 1 is 0.975 bits per heavy atom. The summed E-state index contributed by atoms with van der Waals surface area (Å²) in [6, 6.07) is 26.3. The predicted molar refractivity (Wildman–Crippen MR) is 148 cm³/mol. The second kappa shape index (κ2) is 13.4. The van der Waals surface area contributed by atoms with Gasteiger partial charge in [0.25, 0.3) is 0 Å². The summed E-state index contributed by atoms with van der Waals surface area (Å²) in [5, 5.41) is 30.5. The van der Waals surface area contributed by atoms with E-state index in [4.69, 9.17) is 14.7 Å². The lowest BCUT2D eigenvalue weighted by atomic mass is 9.97.